The van der Waals surface area contributed by atoms with Crippen molar-refractivity contribution in [2.75, 3.05) is 0 Å². The molecule has 2 heterocycles. The first-order valence-electron chi connectivity index (χ1n) is 14.0. The van der Waals surface area contributed by atoms with Crippen molar-refractivity contribution in [3.63, 3.8) is 0 Å². The van der Waals surface area contributed by atoms with Gasteiger partial charge in [0.2, 0.25) is 0 Å². The van der Waals surface area contributed by atoms with Crippen molar-refractivity contribution < 1.29 is 13.7 Å². The molecule has 0 atom stereocenters. The maximum atomic E-state index is 6.47. The molecule has 194 valence electrons. The average molecular weight is 520 g/mol. The lowest BCUT2D eigenvalue weighted by atomic mass is 9.76. The van der Waals surface area contributed by atoms with Crippen molar-refractivity contribution in [2.24, 2.45) is 0 Å². The van der Waals surface area contributed by atoms with Crippen LogP contribution in [0.4, 0.5) is 0 Å². The highest BCUT2D eigenvalue weighted by molar-refractivity contribution is 6.66. The van der Waals surface area contributed by atoms with Gasteiger partial charge in [-0.05, 0) is 101 Å². The van der Waals surface area contributed by atoms with E-state index in [1.165, 1.54) is 37.9 Å². The number of rotatable bonds is 2. The van der Waals surface area contributed by atoms with Gasteiger partial charge in [0.15, 0.2) is 0 Å². The van der Waals surface area contributed by atoms with E-state index in [2.05, 4.69) is 119 Å². The van der Waals surface area contributed by atoms with Crippen molar-refractivity contribution in [3.05, 3.63) is 103 Å². The van der Waals surface area contributed by atoms with E-state index in [1.54, 1.807) is 0 Å². The van der Waals surface area contributed by atoms with Crippen molar-refractivity contribution in [1.29, 1.82) is 0 Å². The Labute approximate surface area is 233 Å². The summed E-state index contributed by atoms with van der Waals surface area (Å²) in [7, 11) is -0.467. The molecule has 1 aromatic heterocycles. The quantitative estimate of drug-likeness (QED) is 0.168. The summed E-state index contributed by atoms with van der Waals surface area (Å²) in [5.74, 6) is 0. The molecule has 0 N–H and O–H groups in total. The maximum Gasteiger partial charge on any atom is 0.495 e. The molecule has 8 rings (SSSR count). The highest BCUT2D eigenvalue weighted by Crippen LogP contribution is 2.41. The summed E-state index contributed by atoms with van der Waals surface area (Å²) < 4.78 is 19.3. The smallest absolute Gasteiger partial charge is 0.456 e. The normalized spacial score (nSPS) is 16.6. The Kier molecular flexibility index (Phi) is 4.87. The van der Waals surface area contributed by atoms with E-state index >= 15 is 0 Å². The molecular formula is C36H29BO3. The molecule has 40 heavy (non-hydrogen) atoms. The van der Waals surface area contributed by atoms with Crippen LogP contribution >= 0.6 is 0 Å². The Bertz CT molecular complexity index is 2120. The van der Waals surface area contributed by atoms with Crippen LogP contribution in [0.15, 0.2) is 108 Å². The topological polar surface area (TPSA) is 31.6 Å². The molecule has 4 heteroatoms. The predicted octanol–water partition coefficient (Wildman–Crippen LogP) is 9.01. The van der Waals surface area contributed by atoms with Crippen LogP contribution in [-0.2, 0) is 9.31 Å². The molecular weight excluding hydrogens is 491 g/mol. The zero-order valence-electron chi connectivity index (χ0n) is 23.1. The molecule has 0 amide bonds. The summed E-state index contributed by atoms with van der Waals surface area (Å²) in [6, 6.07) is 36.9. The number of fused-ring (bicyclic) bond motifs is 8. The molecule has 1 fully saturated rings. The second-order valence-corrected chi connectivity index (χ2v) is 12.0. The summed E-state index contributed by atoms with van der Waals surface area (Å²) >= 11 is 0. The van der Waals surface area contributed by atoms with Gasteiger partial charge in [0.25, 0.3) is 0 Å². The maximum absolute atomic E-state index is 6.47. The van der Waals surface area contributed by atoms with Gasteiger partial charge in [-0.3, -0.25) is 0 Å². The van der Waals surface area contributed by atoms with E-state index in [-0.39, 0.29) is 0 Å². The molecule has 0 spiro atoms. The van der Waals surface area contributed by atoms with Crippen LogP contribution in [0.1, 0.15) is 27.7 Å². The van der Waals surface area contributed by atoms with Crippen LogP contribution in [-0.4, -0.2) is 18.3 Å². The Morgan fingerprint density at radius 1 is 0.525 bits per heavy atom. The molecule has 3 nitrogen and oxygen atoms in total. The van der Waals surface area contributed by atoms with Crippen molar-refractivity contribution in [2.45, 2.75) is 38.9 Å². The lowest BCUT2D eigenvalue weighted by Crippen LogP contribution is -2.41. The van der Waals surface area contributed by atoms with Crippen LogP contribution < -0.4 is 5.46 Å². The Morgan fingerprint density at radius 2 is 1.23 bits per heavy atom. The summed E-state index contributed by atoms with van der Waals surface area (Å²) in [6.45, 7) is 8.36. The zero-order chi connectivity index (χ0) is 27.2. The van der Waals surface area contributed by atoms with Crippen molar-refractivity contribution >= 4 is 66.8 Å². The summed E-state index contributed by atoms with van der Waals surface area (Å²) in [5.41, 5.74) is 4.23. The number of hydrogen-bond acceptors (Lipinski definition) is 3. The van der Waals surface area contributed by atoms with E-state index in [9.17, 15) is 0 Å². The van der Waals surface area contributed by atoms with Gasteiger partial charge in [0, 0.05) is 10.8 Å². The minimum atomic E-state index is -0.467. The summed E-state index contributed by atoms with van der Waals surface area (Å²) in [4.78, 5) is 0. The molecule has 0 saturated carbocycles. The fourth-order valence-corrected chi connectivity index (χ4v) is 6.29. The first-order valence-corrected chi connectivity index (χ1v) is 14.0. The Hall–Kier alpha value is -4.12. The lowest BCUT2D eigenvalue weighted by Gasteiger charge is -2.32. The van der Waals surface area contributed by atoms with Gasteiger partial charge in [-0.2, -0.15) is 0 Å². The van der Waals surface area contributed by atoms with Crippen LogP contribution in [0.3, 0.4) is 0 Å². The molecule has 0 unspecified atom stereocenters. The Balaban J connectivity index is 1.39. The van der Waals surface area contributed by atoms with E-state index in [0.29, 0.717) is 0 Å². The number of furan rings is 1. The minimum absolute atomic E-state index is 0.419. The highest BCUT2D eigenvalue weighted by Gasteiger charge is 2.52. The van der Waals surface area contributed by atoms with Gasteiger partial charge in [-0.25, -0.2) is 0 Å². The molecule has 0 aliphatic carbocycles. The van der Waals surface area contributed by atoms with Gasteiger partial charge in [0.05, 0.1) is 11.2 Å². The lowest BCUT2D eigenvalue weighted by molar-refractivity contribution is 0.00578. The fraction of sp³-hybridized carbons (Fsp3) is 0.167. The summed E-state index contributed by atoms with van der Waals surface area (Å²) in [5, 5.41) is 9.68. The van der Waals surface area contributed by atoms with Crippen LogP contribution in [0.2, 0.25) is 0 Å². The van der Waals surface area contributed by atoms with Crippen LogP contribution in [0.25, 0.3) is 65.4 Å². The molecule has 1 aliphatic heterocycles. The monoisotopic (exact) mass is 520 g/mol. The van der Waals surface area contributed by atoms with Gasteiger partial charge in [-0.15, -0.1) is 0 Å². The van der Waals surface area contributed by atoms with Crippen LogP contribution in [0, 0.1) is 0 Å². The minimum Gasteiger partial charge on any atom is -0.456 e. The van der Waals surface area contributed by atoms with Crippen molar-refractivity contribution in [1.82, 2.24) is 0 Å². The first kappa shape index (κ1) is 23.7. The molecule has 6 aromatic carbocycles. The van der Waals surface area contributed by atoms with E-state index < -0.39 is 18.3 Å². The van der Waals surface area contributed by atoms with Gasteiger partial charge < -0.3 is 13.7 Å². The largest absolute Gasteiger partial charge is 0.495 e. The number of benzene rings is 6. The third-order valence-electron chi connectivity index (χ3n) is 9.11. The summed E-state index contributed by atoms with van der Waals surface area (Å²) in [6.07, 6.45) is 0. The standard InChI is InChI=1S/C36H29BO3/c1-35(2)36(3,4)40-37(39-35)31-14-9-15-33-34(31)30-20-23(17-19-32(30)38-33)28-21-29-24-11-6-5-10-22(24)16-18-27(29)25-12-7-8-13-26(25)28/h5-21H,1-4H3. The average Bonchev–Trinajstić information content (AvgIpc) is 3.44. The fourth-order valence-electron chi connectivity index (χ4n) is 6.29. The van der Waals surface area contributed by atoms with Gasteiger partial charge in [-0.1, -0.05) is 78.9 Å². The molecule has 0 bridgehead atoms. The van der Waals surface area contributed by atoms with Gasteiger partial charge in [0.1, 0.15) is 11.2 Å². The zero-order valence-corrected chi connectivity index (χ0v) is 23.1. The molecule has 7 aromatic rings. The van der Waals surface area contributed by atoms with E-state index in [1.807, 2.05) is 12.1 Å². The second kappa shape index (κ2) is 8.20. The first-order chi connectivity index (χ1) is 19.3. The number of hydrogen-bond donors (Lipinski definition) is 0. The highest BCUT2D eigenvalue weighted by atomic mass is 16.7. The molecule has 1 aliphatic rings. The third kappa shape index (κ3) is 3.33. The molecule has 1 saturated heterocycles. The molecule has 0 radical (unpaired) electrons. The van der Waals surface area contributed by atoms with Gasteiger partial charge >= 0.3 is 7.12 Å². The Morgan fingerprint density at radius 3 is 2.02 bits per heavy atom. The predicted molar refractivity (Wildman–Crippen MR) is 167 cm³/mol. The third-order valence-corrected chi connectivity index (χ3v) is 9.11. The second-order valence-electron chi connectivity index (χ2n) is 12.0. The van der Waals surface area contributed by atoms with Crippen LogP contribution in [0.5, 0.6) is 0 Å². The van der Waals surface area contributed by atoms with E-state index in [4.69, 9.17) is 13.7 Å². The van der Waals surface area contributed by atoms with Crippen molar-refractivity contribution in [3.8, 4) is 11.1 Å². The van der Waals surface area contributed by atoms with E-state index in [0.717, 1.165) is 33.0 Å². The SMILES string of the molecule is CC1(C)OB(c2cccc3oc4ccc(-c5cc6c7ccccc7ccc6c6ccccc56)cc4c23)OC1(C)C.